The number of hydrogen-bond acceptors (Lipinski definition) is 3. The van der Waals surface area contributed by atoms with Gasteiger partial charge in [-0.2, -0.15) is 0 Å². The quantitative estimate of drug-likeness (QED) is 0.460. The molecule has 3 nitrogen and oxygen atoms in total. The van der Waals surface area contributed by atoms with Crippen molar-refractivity contribution in [2.45, 2.75) is 19.4 Å². The van der Waals surface area contributed by atoms with Crippen molar-refractivity contribution in [1.29, 1.82) is 0 Å². The Hall–Kier alpha value is -3.20. The first kappa shape index (κ1) is 18.2. The normalized spacial score (nSPS) is 14.4. The maximum atomic E-state index is 6.35. The highest BCUT2D eigenvalue weighted by Gasteiger charge is 2.28. The van der Waals surface area contributed by atoms with Crippen LogP contribution in [-0.2, 0) is 0 Å². The van der Waals surface area contributed by atoms with Gasteiger partial charge in [0.15, 0.2) is 0 Å². The predicted octanol–water partition coefficient (Wildman–Crippen LogP) is 6.53. The second-order valence-corrected chi connectivity index (χ2v) is 6.82. The van der Waals surface area contributed by atoms with Gasteiger partial charge < -0.3 is 14.4 Å². The van der Waals surface area contributed by atoms with Crippen LogP contribution in [-0.4, -0.2) is 13.7 Å². The van der Waals surface area contributed by atoms with E-state index < -0.39 is 0 Å². The van der Waals surface area contributed by atoms with Gasteiger partial charge in [0.25, 0.3) is 0 Å². The number of anilines is 2. The number of hydrogen-bond donors (Lipinski definition) is 0. The Morgan fingerprint density at radius 3 is 2.57 bits per heavy atom. The molecule has 0 amide bonds. The van der Waals surface area contributed by atoms with Gasteiger partial charge in [0.2, 0.25) is 0 Å². The highest BCUT2D eigenvalue weighted by atomic mass is 16.5. The third kappa shape index (κ3) is 3.13. The Kier molecular flexibility index (Phi) is 5.07. The summed E-state index contributed by atoms with van der Waals surface area (Å²) in [6, 6.07) is 23.0. The summed E-state index contributed by atoms with van der Waals surface area (Å²) in [4.78, 5) is 2.31. The lowest BCUT2D eigenvalue weighted by molar-refractivity contribution is 0.205. The lowest BCUT2D eigenvalue weighted by Gasteiger charge is -2.31. The molecular formula is C25H25NO2. The molecule has 142 valence electrons. The Balaban J connectivity index is 1.86. The van der Waals surface area contributed by atoms with Crippen LogP contribution in [0.25, 0.3) is 11.1 Å². The molecule has 1 unspecified atom stereocenters. The molecule has 0 saturated carbocycles. The smallest absolute Gasteiger partial charge is 0.131 e. The molecule has 1 aliphatic heterocycles. The van der Waals surface area contributed by atoms with E-state index in [1.807, 2.05) is 30.3 Å². The Bertz CT molecular complexity index is 981. The highest BCUT2D eigenvalue weighted by Crippen LogP contribution is 2.49. The molecule has 0 bridgehead atoms. The number of para-hydroxylation sites is 1. The van der Waals surface area contributed by atoms with E-state index in [0.717, 1.165) is 35.7 Å². The van der Waals surface area contributed by atoms with Gasteiger partial charge in [-0.3, -0.25) is 0 Å². The molecule has 3 aromatic rings. The van der Waals surface area contributed by atoms with Crippen molar-refractivity contribution in [3.05, 3.63) is 84.9 Å². The van der Waals surface area contributed by atoms with Crippen LogP contribution in [0.1, 0.15) is 25.0 Å². The fraction of sp³-hybridized carbons (Fsp3) is 0.200. The molecule has 0 aromatic heterocycles. The first-order valence-electron chi connectivity index (χ1n) is 9.68. The first-order chi connectivity index (χ1) is 13.8. The molecule has 4 rings (SSSR count). The van der Waals surface area contributed by atoms with Crippen LogP contribution in [0.3, 0.4) is 0 Å². The lowest BCUT2D eigenvalue weighted by atomic mass is 9.90. The van der Waals surface area contributed by atoms with Crippen molar-refractivity contribution in [1.82, 2.24) is 0 Å². The molecule has 0 fully saturated rings. The Morgan fingerprint density at radius 1 is 1.04 bits per heavy atom. The summed E-state index contributed by atoms with van der Waals surface area (Å²) in [5, 5.41) is 0. The molecule has 0 aliphatic carbocycles. The Morgan fingerprint density at radius 2 is 1.86 bits per heavy atom. The second-order valence-electron chi connectivity index (χ2n) is 6.82. The van der Waals surface area contributed by atoms with Crippen molar-refractivity contribution in [3.63, 3.8) is 0 Å². The maximum absolute atomic E-state index is 6.35. The van der Waals surface area contributed by atoms with Crippen molar-refractivity contribution < 1.29 is 9.47 Å². The van der Waals surface area contributed by atoms with E-state index in [-0.39, 0.29) is 6.10 Å². The SMILES string of the molecule is C=CCC1Oc2cccc(OC)c2-c2ccc(N(CC)c3ccccc3)cc21. The molecule has 1 atom stereocenters. The standard InChI is InChI=1S/C25H25NO2/c1-4-10-22-21-17-19(26(5-2)18-11-7-6-8-12-18)15-16-20(21)25-23(27-3)13-9-14-24(25)28-22/h4,6-9,11-17,22H,1,5,10H2,2-3H3. The topological polar surface area (TPSA) is 21.7 Å². The van der Waals surface area contributed by atoms with Gasteiger partial charge in [-0.15, -0.1) is 6.58 Å². The predicted molar refractivity (Wildman–Crippen MR) is 116 cm³/mol. The zero-order valence-corrected chi connectivity index (χ0v) is 16.4. The summed E-state index contributed by atoms with van der Waals surface area (Å²) in [7, 11) is 1.70. The fourth-order valence-electron chi connectivity index (χ4n) is 3.92. The number of ether oxygens (including phenoxy) is 2. The average molecular weight is 371 g/mol. The summed E-state index contributed by atoms with van der Waals surface area (Å²) in [5.41, 5.74) is 5.69. The minimum atomic E-state index is -0.0541. The fourth-order valence-corrected chi connectivity index (χ4v) is 3.92. The van der Waals surface area contributed by atoms with Crippen molar-refractivity contribution in [2.75, 3.05) is 18.6 Å². The van der Waals surface area contributed by atoms with Gasteiger partial charge in [-0.05, 0) is 48.9 Å². The van der Waals surface area contributed by atoms with E-state index in [9.17, 15) is 0 Å². The largest absolute Gasteiger partial charge is 0.496 e. The van der Waals surface area contributed by atoms with E-state index in [1.54, 1.807) is 7.11 Å². The van der Waals surface area contributed by atoms with Gasteiger partial charge in [-0.25, -0.2) is 0 Å². The molecule has 0 spiro atoms. The van der Waals surface area contributed by atoms with Crippen LogP contribution in [0.15, 0.2) is 79.4 Å². The molecular weight excluding hydrogens is 346 g/mol. The summed E-state index contributed by atoms with van der Waals surface area (Å²) in [6.45, 7) is 6.98. The van der Waals surface area contributed by atoms with Crippen molar-refractivity contribution in [3.8, 4) is 22.6 Å². The number of benzene rings is 3. The number of rotatable bonds is 6. The molecule has 0 saturated heterocycles. The van der Waals surface area contributed by atoms with Crippen LogP contribution in [0, 0.1) is 0 Å². The molecule has 28 heavy (non-hydrogen) atoms. The second kappa shape index (κ2) is 7.81. The third-order valence-electron chi connectivity index (χ3n) is 5.21. The average Bonchev–Trinajstić information content (AvgIpc) is 2.75. The highest BCUT2D eigenvalue weighted by molar-refractivity contribution is 5.83. The van der Waals surface area contributed by atoms with Crippen LogP contribution < -0.4 is 14.4 Å². The van der Waals surface area contributed by atoms with E-state index in [4.69, 9.17) is 9.47 Å². The van der Waals surface area contributed by atoms with E-state index in [1.165, 1.54) is 16.8 Å². The molecule has 1 heterocycles. The summed E-state index contributed by atoms with van der Waals surface area (Å²) < 4.78 is 12.0. The first-order valence-corrected chi connectivity index (χ1v) is 9.68. The van der Waals surface area contributed by atoms with Crippen LogP contribution in [0.2, 0.25) is 0 Å². The van der Waals surface area contributed by atoms with Crippen LogP contribution >= 0.6 is 0 Å². The minimum Gasteiger partial charge on any atom is -0.496 e. The zero-order chi connectivity index (χ0) is 19.5. The third-order valence-corrected chi connectivity index (χ3v) is 5.21. The number of nitrogens with zero attached hydrogens (tertiary/aromatic N) is 1. The summed E-state index contributed by atoms with van der Waals surface area (Å²) in [6.07, 6.45) is 2.62. The molecule has 1 aliphatic rings. The van der Waals surface area contributed by atoms with Gasteiger partial charge in [0.1, 0.15) is 17.6 Å². The van der Waals surface area contributed by atoms with Crippen LogP contribution in [0.4, 0.5) is 11.4 Å². The van der Waals surface area contributed by atoms with Gasteiger partial charge in [-0.1, -0.05) is 36.4 Å². The number of methoxy groups -OCH3 is 1. The summed E-state index contributed by atoms with van der Waals surface area (Å²) >= 11 is 0. The lowest BCUT2D eigenvalue weighted by Crippen LogP contribution is -2.18. The number of fused-ring (bicyclic) bond motifs is 3. The van der Waals surface area contributed by atoms with Gasteiger partial charge in [0, 0.05) is 29.9 Å². The van der Waals surface area contributed by atoms with Crippen LogP contribution in [0.5, 0.6) is 11.5 Å². The van der Waals surface area contributed by atoms with Gasteiger partial charge in [0.05, 0.1) is 12.7 Å². The maximum Gasteiger partial charge on any atom is 0.131 e. The van der Waals surface area contributed by atoms with Crippen molar-refractivity contribution >= 4 is 11.4 Å². The Labute approximate surface area is 166 Å². The summed E-state index contributed by atoms with van der Waals surface area (Å²) in [5.74, 6) is 1.70. The minimum absolute atomic E-state index is 0.0541. The molecule has 3 heteroatoms. The van der Waals surface area contributed by atoms with E-state index in [2.05, 4.69) is 60.9 Å². The van der Waals surface area contributed by atoms with E-state index in [0.29, 0.717) is 0 Å². The molecule has 3 aromatic carbocycles. The molecule has 0 N–H and O–H groups in total. The van der Waals surface area contributed by atoms with E-state index >= 15 is 0 Å². The zero-order valence-electron chi connectivity index (χ0n) is 16.4. The monoisotopic (exact) mass is 371 g/mol. The molecule has 0 radical (unpaired) electrons. The van der Waals surface area contributed by atoms with Gasteiger partial charge >= 0.3 is 0 Å². The van der Waals surface area contributed by atoms with Crippen molar-refractivity contribution in [2.24, 2.45) is 0 Å².